The van der Waals surface area contributed by atoms with Crippen LogP contribution in [0.25, 0.3) is 11.0 Å². The van der Waals surface area contributed by atoms with Gasteiger partial charge >= 0.3 is 15.7 Å². The van der Waals surface area contributed by atoms with Gasteiger partial charge in [0.1, 0.15) is 22.0 Å². The van der Waals surface area contributed by atoms with E-state index in [1.54, 1.807) is 19.1 Å². The van der Waals surface area contributed by atoms with Crippen molar-refractivity contribution >= 4 is 21.1 Å². The summed E-state index contributed by atoms with van der Waals surface area (Å²) in [6.45, 7) is 3.48. The van der Waals surface area contributed by atoms with Crippen molar-refractivity contribution in [3.8, 4) is 11.5 Å². The van der Waals surface area contributed by atoms with Crippen molar-refractivity contribution in [2.45, 2.75) is 18.7 Å². The van der Waals surface area contributed by atoms with E-state index in [2.05, 4.69) is 0 Å². The third kappa shape index (κ3) is 2.98. The highest BCUT2D eigenvalue weighted by molar-refractivity contribution is 7.87. The van der Waals surface area contributed by atoms with Gasteiger partial charge in [-0.2, -0.15) is 8.42 Å². The summed E-state index contributed by atoms with van der Waals surface area (Å²) in [5.41, 5.74) is 0.883. The largest absolute Gasteiger partial charge is 0.507 e. The smallest absolute Gasteiger partial charge is 0.339 e. The Morgan fingerprint density at radius 2 is 1.71 bits per heavy atom. The summed E-state index contributed by atoms with van der Waals surface area (Å²) < 4.78 is 34.7. The highest BCUT2D eigenvalue weighted by Gasteiger charge is 2.18. The molecule has 0 bridgehead atoms. The fraction of sp³-hybridized carbons (Fsp3) is 0.118. The molecule has 0 aliphatic carbocycles. The number of aryl methyl sites for hydroxylation is 2. The minimum atomic E-state index is -4.07. The maximum Gasteiger partial charge on any atom is 0.339 e. The monoisotopic (exact) mass is 346 g/mol. The van der Waals surface area contributed by atoms with Gasteiger partial charge in [-0.05, 0) is 31.5 Å². The highest BCUT2D eigenvalue weighted by Crippen LogP contribution is 2.33. The summed E-state index contributed by atoms with van der Waals surface area (Å²) in [6.07, 6.45) is 0. The van der Waals surface area contributed by atoms with Crippen LogP contribution in [0.15, 0.2) is 56.6 Å². The Balaban J connectivity index is 2.07. The molecule has 124 valence electrons. The van der Waals surface area contributed by atoms with Crippen molar-refractivity contribution < 1.29 is 22.1 Å². The van der Waals surface area contributed by atoms with E-state index in [-0.39, 0.29) is 22.0 Å². The van der Waals surface area contributed by atoms with Crippen LogP contribution in [-0.4, -0.2) is 13.5 Å². The molecule has 0 unspecified atom stereocenters. The van der Waals surface area contributed by atoms with Crippen LogP contribution in [0, 0.1) is 13.8 Å². The van der Waals surface area contributed by atoms with E-state index in [1.165, 1.54) is 30.3 Å². The van der Waals surface area contributed by atoms with Crippen molar-refractivity contribution in [2.75, 3.05) is 0 Å². The number of rotatable bonds is 3. The molecule has 3 aromatic rings. The number of aromatic hydroxyl groups is 1. The van der Waals surface area contributed by atoms with Gasteiger partial charge in [0.25, 0.3) is 0 Å². The van der Waals surface area contributed by atoms with E-state index in [1.807, 2.05) is 6.92 Å². The topological polar surface area (TPSA) is 93.8 Å². The van der Waals surface area contributed by atoms with Gasteiger partial charge in [0.15, 0.2) is 0 Å². The van der Waals surface area contributed by atoms with Gasteiger partial charge in [0.2, 0.25) is 0 Å². The lowest BCUT2D eigenvalue weighted by molar-refractivity contribution is 0.465. The molecule has 0 amide bonds. The summed E-state index contributed by atoms with van der Waals surface area (Å²) >= 11 is 0. The molecule has 0 atom stereocenters. The van der Waals surface area contributed by atoms with Gasteiger partial charge in [-0.25, -0.2) is 4.79 Å². The van der Waals surface area contributed by atoms with E-state index < -0.39 is 15.7 Å². The van der Waals surface area contributed by atoms with Gasteiger partial charge in [-0.3, -0.25) is 0 Å². The average Bonchev–Trinajstić information content (AvgIpc) is 2.45. The van der Waals surface area contributed by atoms with Crippen LogP contribution in [-0.2, 0) is 10.1 Å². The third-order valence-electron chi connectivity index (χ3n) is 3.51. The molecular formula is C17H14O6S. The van der Waals surface area contributed by atoms with Crippen molar-refractivity contribution in [1.82, 2.24) is 0 Å². The predicted octanol–water partition coefficient (Wildman–Crippen LogP) is 2.88. The quantitative estimate of drug-likeness (QED) is 0.579. The molecule has 1 aromatic heterocycles. The Hall–Kier alpha value is -2.80. The van der Waals surface area contributed by atoms with Crippen LogP contribution in [0.4, 0.5) is 0 Å². The summed E-state index contributed by atoms with van der Waals surface area (Å²) in [7, 11) is -4.07. The number of benzene rings is 2. The van der Waals surface area contributed by atoms with E-state index in [0.717, 1.165) is 5.56 Å². The van der Waals surface area contributed by atoms with Crippen LogP contribution in [0.3, 0.4) is 0 Å². The molecule has 2 aromatic carbocycles. The molecule has 1 N–H and O–H groups in total. The standard InChI is InChI=1S/C17H14O6S/c1-10-3-5-13(6-4-10)24(20,21)23-12-8-14(18)17-11(2)7-16(19)22-15(17)9-12/h3-9,18H,1-2H3. The zero-order valence-corrected chi connectivity index (χ0v) is 13.8. The van der Waals surface area contributed by atoms with Crippen molar-refractivity contribution in [1.29, 1.82) is 0 Å². The van der Waals surface area contributed by atoms with Gasteiger partial charge in [-0.1, -0.05) is 17.7 Å². The summed E-state index contributed by atoms with van der Waals surface area (Å²) in [5, 5.41) is 10.4. The lowest BCUT2D eigenvalue weighted by atomic mass is 10.1. The first kappa shape index (κ1) is 16.1. The van der Waals surface area contributed by atoms with Gasteiger partial charge in [0, 0.05) is 18.2 Å². The Morgan fingerprint density at radius 1 is 1.04 bits per heavy atom. The Kier molecular flexibility index (Phi) is 3.81. The van der Waals surface area contributed by atoms with Crippen molar-refractivity contribution in [3.05, 3.63) is 64.0 Å². The molecule has 0 aliphatic rings. The van der Waals surface area contributed by atoms with Crippen molar-refractivity contribution in [2.24, 2.45) is 0 Å². The third-order valence-corrected chi connectivity index (χ3v) is 4.77. The second-order valence-electron chi connectivity index (χ2n) is 5.41. The molecule has 0 radical (unpaired) electrons. The van der Waals surface area contributed by atoms with Crippen LogP contribution in [0.1, 0.15) is 11.1 Å². The first-order valence-electron chi connectivity index (χ1n) is 7.05. The van der Waals surface area contributed by atoms with Crippen LogP contribution in [0.2, 0.25) is 0 Å². The minimum Gasteiger partial charge on any atom is -0.507 e. The zero-order valence-electron chi connectivity index (χ0n) is 12.9. The molecule has 7 heteroatoms. The van der Waals surface area contributed by atoms with E-state index in [4.69, 9.17) is 8.60 Å². The zero-order chi connectivity index (χ0) is 17.5. The van der Waals surface area contributed by atoms with Crippen molar-refractivity contribution in [3.63, 3.8) is 0 Å². The molecule has 3 rings (SSSR count). The maximum atomic E-state index is 12.3. The van der Waals surface area contributed by atoms with Crippen LogP contribution >= 0.6 is 0 Å². The van der Waals surface area contributed by atoms with Gasteiger partial charge < -0.3 is 13.7 Å². The maximum absolute atomic E-state index is 12.3. The minimum absolute atomic E-state index is 0.0154. The molecule has 6 nitrogen and oxygen atoms in total. The molecule has 0 spiro atoms. The van der Waals surface area contributed by atoms with E-state index in [9.17, 15) is 18.3 Å². The number of phenolic OH excluding ortho intramolecular Hbond substituents is 1. The number of hydrogen-bond donors (Lipinski definition) is 1. The normalized spacial score (nSPS) is 11.6. The average molecular weight is 346 g/mol. The second-order valence-corrected chi connectivity index (χ2v) is 6.96. The molecule has 0 saturated heterocycles. The first-order valence-corrected chi connectivity index (χ1v) is 8.46. The second kappa shape index (κ2) is 5.68. The van der Waals surface area contributed by atoms with E-state index in [0.29, 0.717) is 10.9 Å². The summed E-state index contributed by atoms with van der Waals surface area (Å²) in [4.78, 5) is 11.4. The molecular weight excluding hydrogens is 332 g/mol. The van der Waals surface area contributed by atoms with Crippen LogP contribution < -0.4 is 9.81 Å². The SMILES string of the molecule is Cc1ccc(S(=O)(=O)Oc2cc(O)c3c(C)cc(=O)oc3c2)cc1. The first-order chi connectivity index (χ1) is 11.3. The Bertz CT molecular complexity index is 1080. The van der Waals surface area contributed by atoms with E-state index >= 15 is 0 Å². The molecule has 0 aliphatic heterocycles. The summed E-state index contributed by atoms with van der Waals surface area (Å²) in [6, 6.07) is 9.82. The molecule has 24 heavy (non-hydrogen) atoms. The number of hydrogen-bond acceptors (Lipinski definition) is 6. The number of fused-ring (bicyclic) bond motifs is 1. The molecule has 1 heterocycles. The summed E-state index contributed by atoms with van der Waals surface area (Å²) in [5.74, 6) is -0.378. The highest BCUT2D eigenvalue weighted by atomic mass is 32.2. The fourth-order valence-corrected chi connectivity index (χ4v) is 3.28. The Labute approximate surface area is 138 Å². The molecule has 0 fully saturated rings. The fourth-order valence-electron chi connectivity index (χ4n) is 2.37. The lowest BCUT2D eigenvalue weighted by Gasteiger charge is -2.09. The lowest BCUT2D eigenvalue weighted by Crippen LogP contribution is -2.09. The van der Waals surface area contributed by atoms with Gasteiger partial charge in [-0.15, -0.1) is 0 Å². The molecule has 0 saturated carbocycles. The van der Waals surface area contributed by atoms with Gasteiger partial charge in [0.05, 0.1) is 5.39 Å². The van der Waals surface area contributed by atoms with Crippen LogP contribution in [0.5, 0.6) is 11.5 Å². The Morgan fingerprint density at radius 3 is 2.38 bits per heavy atom. The predicted molar refractivity (Wildman–Crippen MR) is 87.9 cm³/mol. The number of phenols is 1.